The summed E-state index contributed by atoms with van der Waals surface area (Å²) >= 11 is 0. The van der Waals surface area contributed by atoms with Crippen molar-refractivity contribution in [1.29, 1.82) is 0 Å². The predicted octanol–water partition coefficient (Wildman–Crippen LogP) is 1.07. The number of hydrogen-bond acceptors (Lipinski definition) is 4. The molecule has 1 aromatic rings. The fourth-order valence-electron chi connectivity index (χ4n) is 2.81. The second kappa shape index (κ2) is 9.37. The lowest BCUT2D eigenvalue weighted by Gasteiger charge is -2.15. The maximum Gasteiger partial charge on any atom is 0.188 e. The number of likely N-dealkylation sites (tertiary alicyclic amines) is 1. The summed E-state index contributed by atoms with van der Waals surface area (Å²) in [5, 5.41) is 3.24. The van der Waals surface area contributed by atoms with Crippen molar-refractivity contribution in [3.05, 3.63) is 29.8 Å². The lowest BCUT2D eigenvalue weighted by molar-refractivity contribution is 0.159. The van der Waals surface area contributed by atoms with E-state index in [9.17, 15) is 0 Å². The van der Waals surface area contributed by atoms with Gasteiger partial charge in [0.15, 0.2) is 5.96 Å². The Bertz CT molecular complexity index is 507. The molecule has 1 saturated heterocycles. The molecule has 1 aliphatic rings. The zero-order valence-electron chi connectivity index (χ0n) is 14.1. The SMILES string of the molecule is COCCN1CC[C@@H](CNC(N)=NCc2ccccc2OC)C1. The molecular formula is C17H28N4O2. The van der Waals surface area contributed by atoms with Crippen LogP contribution in [0.15, 0.2) is 29.3 Å². The van der Waals surface area contributed by atoms with Gasteiger partial charge in [-0.25, -0.2) is 4.99 Å². The smallest absolute Gasteiger partial charge is 0.188 e. The van der Waals surface area contributed by atoms with Crippen molar-refractivity contribution in [2.24, 2.45) is 16.6 Å². The highest BCUT2D eigenvalue weighted by molar-refractivity contribution is 5.77. The van der Waals surface area contributed by atoms with Gasteiger partial charge in [0.25, 0.3) is 0 Å². The number of benzene rings is 1. The summed E-state index contributed by atoms with van der Waals surface area (Å²) in [7, 11) is 3.41. The van der Waals surface area contributed by atoms with Crippen LogP contribution in [0.4, 0.5) is 0 Å². The third-order valence-electron chi connectivity index (χ3n) is 4.17. The zero-order valence-corrected chi connectivity index (χ0v) is 14.1. The number of rotatable bonds is 8. The van der Waals surface area contributed by atoms with Crippen molar-refractivity contribution >= 4 is 5.96 Å². The van der Waals surface area contributed by atoms with E-state index in [0.29, 0.717) is 18.4 Å². The molecular weight excluding hydrogens is 292 g/mol. The average Bonchev–Trinajstić information content (AvgIpc) is 3.04. The first-order chi connectivity index (χ1) is 11.2. The Kier molecular flexibility index (Phi) is 7.16. The van der Waals surface area contributed by atoms with Gasteiger partial charge in [-0.05, 0) is 24.9 Å². The summed E-state index contributed by atoms with van der Waals surface area (Å²) in [6.07, 6.45) is 1.19. The number of methoxy groups -OCH3 is 2. The van der Waals surface area contributed by atoms with Gasteiger partial charge in [-0.15, -0.1) is 0 Å². The van der Waals surface area contributed by atoms with Crippen molar-refractivity contribution in [2.45, 2.75) is 13.0 Å². The number of aliphatic imine (C=N–C) groups is 1. The Morgan fingerprint density at radius 3 is 3.00 bits per heavy atom. The molecule has 6 heteroatoms. The number of nitrogens with two attached hydrogens (primary N) is 1. The first-order valence-electron chi connectivity index (χ1n) is 8.10. The van der Waals surface area contributed by atoms with Gasteiger partial charge in [0, 0.05) is 32.3 Å². The van der Waals surface area contributed by atoms with Crippen LogP contribution in [-0.4, -0.2) is 57.9 Å². The van der Waals surface area contributed by atoms with E-state index in [4.69, 9.17) is 15.2 Å². The van der Waals surface area contributed by atoms with Crippen LogP contribution in [0, 0.1) is 5.92 Å². The van der Waals surface area contributed by atoms with Gasteiger partial charge in [0.2, 0.25) is 0 Å². The topological polar surface area (TPSA) is 72.1 Å². The van der Waals surface area contributed by atoms with E-state index in [-0.39, 0.29) is 0 Å². The van der Waals surface area contributed by atoms with Crippen LogP contribution >= 0.6 is 0 Å². The van der Waals surface area contributed by atoms with E-state index in [1.54, 1.807) is 14.2 Å². The predicted molar refractivity (Wildman–Crippen MR) is 92.7 cm³/mol. The van der Waals surface area contributed by atoms with E-state index in [2.05, 4.69) is 15.2 Å². The second-order valence-corrected chi connectivity index (χ2v) is 5.84. The molecule has 1 aromatic carbocycles. The van der Waals surface area contributed by atoms with Crippen LogP contribution in [0.2, 0.25) is 0 Å². The lowest BCUT2D eigenvalue weighted by atomic mass is 10.1. The van der Waals surface area contributed by atoms with E-state index in [1.165, 1.54) is 6.42 Å². The van der Waals surface area contributed by atoms with Gasteiger partial charge in [-0.1, -0.05) is 18.2 Å². The van der Waals surface area contributed by atoms with Crippen molar-refractivity contribution in [2.75, 3.05) is 47.0 Å². The molecule has 0 spiro atoms. The highest BCUT2D eigenvalue weighted by Gasteiger charge is 2.21. The van der Waals surface area contributed by atoms with E-state index < -0.39 is 0 Å². The Labute approximate surface area is 138 Å². The minimum absolute atomic E-state index is 0.492. The fourth-order valence-corrected chi connectivity index (χ4v) is 2.81. The Hall–Kier alpha value is -1.79. The van der Waals surface area contributed by atoms with Crippen LogP contribution in [0.1, 0.15) is 12.0 Å². The van der Waals surface area contributed by atoms with Gasteiger partial charge in [0.05, 0.1) is 20.3 Å². The van der Waals surface area contributed by atoms with Crippen LogP contribution in [0.5, 0.6) is 5.75 Å². The summed E-state index contributed by atoms with van der Waals surface area (Å²) in [5.74, 6) is 1.95. The molecule has 1 atom stereocenters. The Balaban J connectivity index is 1.73. The third-order valence-corrected chi connectivity index (χ3v) is 4.17. The summed E-state index contributed by atoms with van der Waals surface area (Å²) in [5.41, 5.74) is 7.00. The molecule has 3 N–H and O–H groups in total. The summed E-state index contributed by atoms with van der Waals surface area (Å²) in [6, 6.07) is 7.86. The first kappa shape index (κ1) is 17.6. The molecule has 128 valence electrons. The minimum Gasteiger partial charge on any atom is -0.496 e. The zero-order chi connectivity index (χ0) is 16.5. The molecule has 6 nitrogen and oxygen atoms in total. The van der Waals surface area contributed by atoms with Gasteiger partial charge < -0.3 is 25.4 Å². The van der Waals surface area contributed by atoms with Crippen molar-refractivity contribution in [3.63, 3.8) is 0 Å². The quantitative estimate of drug-likeness (QED) is 0.554. The standard InChI is InChI=1S/C17H28N4O2/c1-22-10-9-21-8-7-14(13-21)11-19-17(18)20-12-15-5-3-4-6-16(15)23-2/h3-6,14H,7-13H2,1-2H3,(H3,18,19,20)/t14-/m0/s1. The van der Waals surface area contributed by atoms with Gasteiger partial charge in [-0.2, -0.15) is 0 Å². The first-order valence-corrected chi connectivity index (χ1v) is 8.10. The van der Waals surface area contributed by atoms with Gasteiger partial charge in [0.1, 0.15) is 5.75 Å². The van der Waals surface area contributed by atoms with E-state index in [0.717, 1.165) is 44.1 Å². The van der Waals surface area contributed by atoms with Crippen LogP contribution in [-0.2, 0) is 11.3 Å². The van der Waals surface area contributed by atoms with Crippen LogP contribution in [0.25, 0.3) is 0 Å². The highest BCUT2D eigenvalue weighted by Crippen LogP contribution is 2.18. The number of ether oxygens (including phenoxy) is 2. The van der Waals surface area contributed by atoms with Crippen molar-refractivity contribution < 1.29 is 9.47 Å². The molecule has 0 radical (unpaired) electrons. The normalized spacial score (nSPS) is 19.0. The molecule has 0 bridgehead atoms. The van der Waals surface area contributed by atoms with Crippen LogP contribution < -0.4 is 15.8 Å². The average molecular weight is 320 g/mol. The Morgan fingerprint density at radius 1 is 1.39 bits per heavy atom. The maximum absolute atomic E-state index is 5.97. The van der Waals surface area contributed by atoms with Crippen molar-refractivity contribution in [3.8, 4) is 5.75 Å². The molecule has 23 heavy (non-hydrogen) atoms. The number of para-hydroxylation sites is 1. The van der Waals surface area contributed by atoms with Crippen LogP contribution in [0.3, 0.4) is 0 Å². The van der Waals surface area contributed by atoms with E-state index in [1.807, 2.05) is 24.3 Å². The number of nitrogens with one attached hydrogen (secondary N) is 1. The maximum atomic E-state index is 5.97. The van der Waals surface area contributed by atoms with Gasteiger partial charge in [-0.3, -0.25) is 0 Å². The largest absolute Gasteiger partial charge is 0.496 e. The molecule has 1 fully saturated rings. The molecule has 0 aliphatic carbocycles. The Morgan fingerprint density at radius 2 is 2.22 bits per heavy atom. The molecule has 2 rings (SSSR count). The molecule has 1 heterocycles. The number of nitrogens with zero attached hydrogens (tertiary/aromatic N) is 2. The lowest BCUT2D eigenvalue weighted by Crippen LogP contribution is -2.36. The summed E-state index contributed by atoms with van der Waals surface area (Å²) in [6.45, 7) is 5.41. The molecule has 0 amide bonds. The third kappa shape index (κ3) is 5.73. The summed E-state index contributed by atoms with van der Waals surface area (Å²) < 4.78 is 10.4. The number of guanidine groups is 1. The molecule has 0 saturated carbocycles. The van der Waals surface area contributed by atoms with Gasteiger partial charge >= 0.3 is 0 Å². The molecule has 0 aromatic heterocycles. The highest BCUT2D eigenvalue weighted by atomic mass is 16.5. The second-order valence-electron chi connectivity index (χ2n) is 5.84. The van der Waals surface area contributed by atoms with E-state index >= 15 is 0 Å². The minimum atomic E-state index is 0.492. The summed E-state index contributed by atoms with van der Waals surface area (Å²) in [4.78, 5) is 6.83. The molecule has 0 unspecified atom stereocenters. The van der Waals surface area contributed by atoms with Crippen molar-refractivity contribution in [1.82, 2.24) is 10.2 Å². The fraction of sp³-hybridized carbons (Fsp3) is 0.588. The molecule has 1 aliphatic heterocycles. The number of hydrogen-bond donors (Lipinski definition) is 2. The monoisotopic (exact) mass is 320 g/mol.